The van der Waals surface area contributed by atoms with Crippen molar-refractivity contribution in [2.75, 3.05) is 6.54 Å². The van der Waals surface area contributed by atoms with Crippen molar-refractivity contribution >= 4 is 11.8 Å². The Kier molecular flexibility index (Phi) is 4.22. The van der Waals surface area contributed by atoms with E-state index in [4.69, 9.17) is 0 Å². The lowest BCUT2D eigenvalue weighted by Gasteiger charge is -2.40. The topological polar surface area (TPSA) is 37.4 Å². The van der Waals surface area contributed by atoms with Crippen LogP contribution in [0.3, 0.4) is 0 Å². The number of carbonyl (C=O) groups excluding carboxylic acids is 2. The van der Waals surface area contributed by atoms with Crippen LogP contribution in [0.15, 0.2) is 62.2 Å². The van der Waals surface area contributed by atoms with Crippen molar-refractivity contribution in [2.45, 2.75) is 18.3 Å². The fourth-order valence-electron chi connectivity index (χ4n) is 2.96. The van der Waals surface area contributed by atoms with Gasteiger partial charge in [0.1, 0.15) is 0 Å². The molecular formula is C18H19NO2. The number of benzene rings is 1. The third-order valence-electron chi connectivity index (χ3n) is 3.87. The van der Waals surface area contributed by atoms with E-state index in [0.29, 0.717) is 18.4 Å². The number of fused-ring (bicyclic) bond motifs is 1. The van der Waals surface area contributed by atoms with Crippen LogP contribution >= 0.6 is 0 Å². The second kappa shape index (κ2) is 5.92. The molecule has 1 aliphatic heterocycles. The van der Waals surface area contributed by atoms with Crippen LogP contribution in [0.5, 0.6) is 0 Å². The highest BCUT2D eigenvalue weighted by Crippen LogP contribution is 2.40. The molecule has 0 saturated heterocycles. The van der Waals surface area contributed by atoms with Gasteiger partial charge in [-0.25, -0.2) is 0 Å². The molecule has 2 rings (SSSR count). The molecule has 0 aromatic heterocycles. The third kappa shape index (κ3) is 2.25. The van der Waals surface area contributed by atoms with Gasteiger partial charge in [0.25, 0.3) is 5.91 Å². The lowest BCUT2D eigenvalue weighted by Crippen LogP contribution is -2.54. The van der Waals surface area contributed by atoms with Crippen LogP contribution in [0.1, 0.15) is 28.8 Å². The first-order valence-electron chi connectivity index (χ1n) is 6.91. The fraction of sp³-hybridized carbons (Fsp3) is 0.222. The van der Waals surface area contributed by atoms with E-state index in [9.17, 15) is 9.59 Å². The van der Waals surface area contributed by atoms with Gasteiger partial charge in [0.2, 0.25) is 5.91 Å². The molecule has 0 spiro atoms. The summed E-state index contributed by atoms with van der Waals surface area (Å²) in [5, 5.41) is 0. The van der Waals surface area contributed by atoms with E-state index in [2.05, 4.69) is 19.7 Å². The zero-order chi connectivity index (χ0) is 15.5. The molecular weight excluding hydrogens is 262 g/mol. The number of carbonyl (C=O) groups is 2. The van der Waals surface area contributed by atoms with Crippen LogP contribution in [0.2, 0.25) is 0 Å². The molecule has 0 fully saturated rings. The normalized spacial score (nSPS) is 16.3. The van der Waals surface area contributed by atoms with Crippen molar-refractivity contribution in [2.24, 2.45) is 0 Å². The van der Waals surface area contributed by atoms with Gasteiger partial charge in [-0.3, -0.25) is 14.5 Å². The summed E-state index contributed by atoms with van der Waals surface area (Å²) in [6, 6.07) is 7.28. The van der Waals surface area contributed by atoms with Crippen molar-refractivity contribution < 1.29 is 9.59 Å². The van der Waals surface area contributed by atoms with Gasteiger partial charge in [0, 0.05) is 12.1 Å². The molecule has 0 radical (unpaired) electrons. The molecule has 108 valence electrons. The summed E-state index contributed by atoms with van der Waals surface area (Å²) in [6.45, 7) is 11.4. The van der Waals surface area contributed by atoms with Crippen LogP contribution in [0.25, 0.3) is 0 Å². The molecule has 3 nitrogen and oxygen atoms in total. The van der Waals surface area contributed by atoms with E-state index in [1.165, 1.54) is 4.90 Å². The summed E-state index contributed by atoms with van der Waals surface area (Å²) >= 11 is 0. The summed E-state index contributed by atoms with van der Waals surface area (Å²) in [5.74, 6) is -0.467. The fourth-order valence-corrected chi connectivity index (χ4v) is 2.96. The van der Waals surface area contributed by atoms with Crippen LogP contribution < -0.4 is 0 Å². The summed E-state index contributed by atoms with van der Waals surface area (Å²) in [4.78, 5) is 26.7. The predicted molar refractivity (Wildman–Crippen MR) is 84.0 cm³/mol. The Morgan fingerprint density at radius 1 is 1.00 bits per heavy atom. The van der Waals surface area contributed by atoms with Gasteiger partial charge in [-0.2, -0.15) is 0 Å². The number of hydrogen-bond donors (Lipinski definition) is 0. The van der Waals surface area contributed by atoms with Crippen molar-refractivity contribution in [1.29, 1.82) is 0 Å². The maximum Gasteiger partial charge on any atom is 0.261 e. The number of amides is 2. The van der Waals surface area contributed by atoms with Crippen molar-refractivity contribution in [1.82, 2.24) is 4.90 Å². The molecule has 0 unspecified atom stereocenters. The van der Waals surface area contributed by atoms with Crippen LogP contribution in [-0.2, 0) is 10.2 Å². The standard InChI is InChI=1S/C18H19NO2/c1-4-11-18(12-5-2)15-10-8-7-9-14(15)16(20)19(13-6-3)17(18)21/h4-10H,1-3,11-13H2. The summed E-state index contributed by atoms with van der Waals surface area (Å²) in [6.07, 6.45) is 5.95. The monoisotopic (exact) mass is 281 g/mol. The molecule has 0 atom stereocenters. The summed E-state index contributed by atoms with van der Waals surface area (Å²) in [5.41, 5.74) is 0.541. The van der Waals surface area contributed by atoms with E-state index in [1.54, 1.807) is 24.3 Å². The largest absolute Gasteiger partial charge is 0.274 e. The van der Waals surface area contributed by atoms with Gasteiger partial charge in [0.05, 0.1) is 5.41 Å². The number of allylic oxidation sites excluding steroid dienone is 2. The average Bonchev–Trinajstić information content (AvgIpc) is 2.50. The second-order valence-electron chi connectivity index (χ2n) is 5.12. The van der Waals surface area contributed by atoms with E-state index in [-0.39, 0.29) is 18.4 Å². The average molecular weight is 281 g/mol. The van der Waals surface area contributed by atoms with Crippen LogP contribution in [-0.4, -0.2) is 23.3 Å². The van der Waals surface area contributed by atoms with Crippen LogP contribution in [0, 0.1) is 0 Å². The molecule has 0 bridgehead atoms. The molecule has 3 heteroatoms. The molecule has 0 saturated carbocycles. The SMILES string of the molecule is C=CCN1C(=O)c2ccccc2C(CC=C)(CC=C)C1=O. The predicted octanol–water partition coefficient (Wildman–Crippen LogP) is 3.25. The minimum absolute atomic E-state index is 0.203. The van der Waals surface area contributed by atoms with Crippen LogP contribution in [0.4, 0.5) is 0 Å². The van der Waals surface area contributed by atoms with Crippen molar-refractivity contribution in [3.8, 4) is 0 Å². The molecule has 1 heterocycles. The first kappa shape index (κ1) is 15.0. The van der Waals surface area contributed by atoms with E-state index < -0.39 is 5.41 Å². The lowest BCUT2D eigenvalue weighted by atomic mass is 9.69. The minimum atomic E-state index is -0.795. The van der Waals surface area contributed by atoms with Gasteiger partial charge >= 0.3 is 0 Å². The highest BCUT2D eigenvalue weighted by Gasteiger charge is 2.48. The first-order valence-corrected chi connectivity index (χ1v) is 6.91. The molecule has 1 aromatic rings. The van der Waals surface area contributed by atoms with Gasteiger partial charge < -0.3 is 0 Å². The van der Waals surface area contributed by atoms with Crippen molar-refractivity contribution in [3.63, 3.8) is 0 Å². The van der Waals surface area contributed by atoms with Gasteiger partial charge in [0.15, 0.2) is 0 Å². The van der Waals surface area contributed by atoms with E-state index in [1.807, 2.05) is 18.2 Å². The molecule has 21 heavy (non-hydrogen) atoms. The number of rotatable bonds is 6. The maximum absolute atomic E-state index is 13.0. The van der Waals surface area contributed by atoms with E-state index in [0.717, 1.165) is 5.56 Å². The lowest BCUT2D eigenvalue weighted by molar-refractivity contribution is -0.135. The summed E-state index contributed by atoms with van der Waals surface area (Å²) < 4.78 is 0. The highest BCUT2D eigenvalue weighted by atomic mass is 16.2. The Balaban J connectivity index is 2.71. The van der Waals surface area contributed by atoms with Gasteiger partial charge in [-0.15, -0.1) is 19.7 Å². The Bertz CT molecular complexity index is 605. The molecule has 1 aliphatic rings. The Labute approximate surface area is 125 Å². The minimum Gasteiger partial charge on any atom is -0.274 e. The Hall–Kier alpha value is -2.42. The molecule has 1 aromatic carbocycles. The number of nitrogens with zero attached hydrogens (tertiary/aromatic N) is 1. The molecule has 0 aliphatic carbocycles. The van der Waals surface area contributed by atoms with Crippen molar-refractivity contribution in [3.05, 3.63) is 73.4 Å². The van der Waals surface area contributed by atoms with E-state index >= 15 is 0 Å². The maximum atomic E-state index is 13.0. The first-order chi connectivity index (χ1) is 10.1. The summed E-state index contributed by atoms with van der Waals surface area (Å²) in [7, 11) is 0. The molecule has 0 N–H and O–H groups in total. The van der Waals surface area contributed by atoms with Gasteiger partial charge in [-0.05, 0) is 24.5 Å². The second-order valence-corrected chi connectivity index (χ2v) is 5.12. The number of hydrogen-bond acceptors (Lipinski definition) is 2. The van der Waals surface area contributed by atoms with Gasteiger partial charge in [-0.1, -0.05) is 36.4 Å². The highest BCUT2D eigenvalue weighted by molar-refractivity contribution is 6.13. The zero-order valence-electron chi connectivity index (χ0n) is 12.0. The number of imide groups is 1. The zero-order valence-corrected chi connectivity index (χ0v) is 12.0. The third-order valence-corrected chi connectivity index (χ3v) is 3.87. The Morgan fingerprint density at radius 3 is 2.19 bits per heavy atom. The molecule has 2 amide bonds. The Morgan fingerprint density at radius 2 is 1.62 bits per heavy atom. The quantitative estimate of drug-likeness (QED) is 0.593. The smallest absolute Gasteiger partial charge is 0.261 e.